The van der Waals surface area contributed by atoms with E-state index in [1.165, 1.54) is 0 Å². The fraction of sp³-hybridized carbons (Fsp3) is 0.625. The van der Waals surface area contributed by atoms with Crippen LogP contribution >= 0.6 is 0 Å². The molecule has 1 N–H and O–H groups in total. The SMILES string of the molecule is CCOC(=O)C[C@@H](COCc1ccccc1)NC(=O)[C@@H]1CCCN(C(=O)/C=C/C2CCN(C(=O)OC(C)(C)C)CC2)C1. The van der Waals surface area contributed by atoms with E-state index < -0.39 is 17.6 Å². The molecule has 0 bridgehead atoms. The van der Waals surface area contributed by atoms with Gasteiger partial charge in [0.25, 0.3) is 0 Å². The van der Waals surface area contributed by atoms with E-state index in [-0.39, 0.29) is 49.4 Å². The van der Waals surface area contributed by atoms with Gasteiger partial charge in [-0.1, -0.05) is 36.4 Å². The Morgan fingerprint density at radius 3 is 2.40 bits per heavy atom. The molecule has 0 radical (unpaired) electrons. The quantitative estimate of drug-likeness (QED) is 0.307. The number of benzene rings is 1. The topological polar surface area (TPSA) is 114 Å². The highest BCUT2D eigenvalue weighted by Gasteiger charge is 2.30. The van der Waals surface area contributed by atoms with Crippen LogP contribution in [0, 0.1) is 11.8 Å². The second-order valence-corrected chi connectivity index (χ2v) is 12.0. The van der Waals surface area contributed by atoms with E-state index in [0.29, 0.717) is 39.2 Å². The van der Waals surface area contributed by atoms with Crippen molar-refractivity contribution in [2.24, 2.45) is 11.8 Å². The number of nitrogens with zero attached hydrogens (tertiary/aromatic N) is 2. The van der Waals surface area contributed by atoms with E-state index in [9.17, 15) is 19.2 Å². The van der Waals surface area contributed by atoms with Gasteiger partial charge in [-0.3, -0.25) is 14.4 Å². The van der Waals surface area contributed by atoms with Crippen LogP contribution < -0.4 is 5.32 Å². The van der Waals surface area contributed by atoms with Gasteiger partial charge in [0.15, 0.2) is 0 Å². The molecule has 1 aromatic rings. The predicted octanol–water partition coefficient (Wildman–Crippen LogP) is 4.08. The molecule has 10 nitrogen and oxygen atoms in total. The lowest BCUT2D eigenvalue weighted by atomic mass is 9.95. The van der Waals surface area contributed by atoms with Gasteiger partial charge in [-0.15, -0.1) is 0 Å². The molecule has 0 aromatic heterocycles. The van der Waals surface area contributed by atoms with Crippen molar-refractivity contribution in [1.29, 1.82) is 0 Å². The van der Waals surface area contributed by atoms with Crippen molar-refractivity contribution in [1.82, 2.24) is 15.1 Å². The second kappa shape index (κ2) is 16.3. The van der Waals surface area contributed by atoms with Crippen LogP contribution in [0.4, 0.5) is 4.79 Å². The Kier molecular flexibility index (Phi) is 12.8. The maximum Gasteiger partial charge on any atom is 0.410 e. The lowest BCUT2D eigenvalue weighted by Crippen LogP contribution is -2.48. The number of hydrogen-bond donors (Lipinski definition) is 1. The minimum absolute atomic E-state index is 0.0131. The van der Waals surface area contributed by atoms with Gasteiger partial charge in [0, 0.05) is 26.2 Å². The summed E-state index contributed by atoms with van der Waals surface area (Å²) in [5, 5.41) is 2.97. The zero-order chi connectivity index (χ0) is 30.5. The van der Waals surface area contributed by atoms with Crippen LogP contribution in [0.15, 0.2) is 42.5 Å². The summed E-state index contributed by atoms with van der Waals surface area (Å²) in [6.45, 7) is 10.2. The number of esters is 1. The maximum atomic E-state index is 13.2. The summed E-state index contributed by atoms with van der Waals surface area (Å²) in [4.78, 5) is 54.1. The Morgan fingerprint density at radius 1 is 1.02 bits per heavy atom. The molecule has 0 unspecified atom stereocenters. The molecular formula is C32H47N3O7. The van der Waals surface area contributed by atoms with Gasteiger partial charge in [-0.25, -0.2) is 4.79 Å². The van der Waals surface area contributed by atoms with Crippen LogP contribution in [0.2, 0.25) is 0 Å². The average molecular weight is 586 g/mol. The first-order valence-corrected chi connectivity index (χ1v) is 15.1. The Morgan fingerprint density at radius 2 is 1.74 bits per heavy atom. The van der Waals surface area contributed by atoms with E-state index in [1.807, 2.05) is 57.2 Å². The van der Waals surface area contributed by atoms with Crippen molar-refractivity contribution in [3.63, 3.8) is 0 Å². The number of allylic oxidation sites excluding steroid dienone is 1. The number of hydrogen-bond acceptors (Lipinski definition) is 7. The zero-order valence-electron chi connectivity index (χ0n) is 25.5. The fourth-order valence-electron chi connectivity index (χ4n) is 5.10. The molecule has 1 aromatic carbocycles. The molecule has 3 rings (SSSR count). The van der Waals surface area contributed by atoms with Crippen LogP contribution in [0.25, 0.3) is 0 Å². The summed E-state index contributed by atoms with van der Waals surface area (Å²) in [6, 6.07) is 9.16. The molecule has 0 aliphatic carbocycles. The highest BCUT2D eigenvalue weighted by atomic mass is 16.6. The molecule has 10 heteroatoms. The summed E-state index contributed by atoms with van der Waals surface area (Å²) >= 11 is 0. The van der Waals surface area contributed by atoms with Crippen molar-refractivity contribution < 1.29 is 33.4 Å². The number of carbonyl (C=O) groups excluding carboxylic acids is 4. The molecule has 3 amide bonds. The van der Waals surface area contributed by atoms with Crippen molar-refractivity contribution in [3.8, 4) is 0 Å². The van der Waals surface area contributed by atoms with Gasteiger partial charge < -0.3 is 29.3 Å². The molecule has 2 saturated heterocycles. The fourth-order valence-corrected chi connectivity index (χ4v) is 5.10. The van der Waals surface area contributed by atoms with Crippen molar-refractivity contribution in [2.45, 2.75) is 78.0 Å². The molecule has 0 spiro atoms. The van der Waals surface area contributed by atoms with Crippen LogP contribution in [-0.2, 0) is 35.2 Å². The zero-order valence-corrected chi connectivity index (χ0v) is 25.5. The summed E-state index contributed by atoms with van der Waals surface area (Å²) in [5.74, 6) is -0.864. The first kappa shape index (κ1) is 33.1. The number of rotatable bonds is 11. The molecule has 0 saturated carbocycles. The van der Waals surface area contributed by atoms with Crippen LogP contribution in [0.3, 0.4) is 0 Å². The molecule has 2 fully saturated rings. The molecular weight excluding hydrogens is 538 g/mol. The summed E-state index contributed by atoms with van der Waals surface area (Å²) in [6.07, 6.45) is 6.17. The number of amides is 3. The number of nitrogens with one attached hydrogen (secondary N) is 1. The van der Waals surface area contributed by atoms with E-state index in [4.69, 9.17) is 14.2 Å². The Hall–Kier alpha value is -3.40. The van der Waals surface area contributed by atoms with Crippen LogP contribution in [-0.4, -0.2) is 84.7 Å². The first-order valence-electron chi connectivity index (χ1n) is 15.1. The minimum Gasteiger partial charge on any atom is -0.466 e. The minimum atomic E-state index is -0.530. The largest absolute Gasteiger partial charge is 0.466 e. The smallest absolute Gasteiger partial charge is 0.410 e. The second-order valence-electron chi connectivity index (χ2n) is 12.0. The van der Waals surface area contributed by atoms with E-state index >= 15 is 0 Å². The monoisotopic (exact) mass is 585 g/mol. The predicted molar refractivity (Wildman–Crippen MR) is 158 cm³/mol. The van der Waals surface area contributed by atoms with Gasteiger partial charge in [-0.05, 0) is 70.9 Å². The van der Waals surface area contributed by atoms with Crippen molar-refractivity contribution >= 4 is 23.9 Å². The summed E-state index contributed by atoms with van der Waals surface area (Å²) < 4.78 is 16.4. The van der Waals surface area contributed by atoms with E-state index in [0.717, 1.165) is 24.8 Å². The Labute approximate surface area is 249 Å². The number of ether oxygens (including phenoxy) is 3. The van der Waals surface area contributed by atoms with Gasteiger partial charge in [0.05, 0.1) is 38.2 Å². The number of piperidine rings is 2. The molecule has 232 valence electrons. The van der Waals surface area contributed by atoms with Gasteiger partial charge >= 0.3 is 12.1 Å². The Balaban J connectivity index is 1.48. The molecule has 42 heavy (non-hydrogen) atoms. The third-order valence-corrected chi connectivity index (χ3v) is 7.30. The number of likely N-dealkylation sites (tertiary alicyclic amines) is 2. The highest BCUT2D eigenvalue weighted by Crippen LogP contribution is 2.22. The normalized spacial score (nSPS) is 18.9. The lowest BCUT2D eigenvalue weighted by Gasteiger charge is -2.33. The van der Waals surface area contributed by atoms with E-state index in [2.05, 4.69) is 5.32 Å². The standard InChI is InChI=1S/C32H47N3O7/c1-5-41-29(37)20-27(23-40-22-25-10-7-6-8-11-25)33-30(38)26-12-9-17-35(21-26)28(36)14-13-24-15-18-34(19-16-24)31(39)42-32(2,3)4/h6-8,10-11,13-14,24,26-27H,5,9,12,15-23H2,1-4H3,(H,33,38)/b14-13+/t26-,27+/m1/s1. The molecule has 2 atom stereocenters. The van der Waals surface area contributed by atoms with Gasteiger partial charge in [0.1, 0.15) is 5.60 Å². The van der Waals surface area contributed by atoms with Crippen molar-refractivity contribution in [2.75, 3.05) is 39.4 Å². The highest BCUT2D eigenvalue weighted by molar-refractivity contribution is 5.88. The summed E-state index contributed by atoms with van der Waals surface area (Å²) in [7, 11) is 0. The molecule has 2 aliphatic rings. The van der Waals surface area contributed by atoms with Crippen molar-refractivity contribution in [3.05, 3.63) is 48.0 Å². The van der Waals surface area contributed by atoms with Gasteiger partial charge in [0.2, 0.25) is 11.8 Å². The lowest BCUT2D eigenvalue weighted by molar-refractivity contribution is -0.144. The maximum absolute atomic E-state index is 13.2. The Bertz CT molecular complexity index is 1060. The average Bonchev–Trinajstić information content (AvgIpc) is 2.96. The third kappa shape index (κ3) is 11.5. The van der Waals surface area contributed by atoms with Crippen LogP contribution in [0.1, 0.15) is 65.4 Å². The number of carbonyl (C=O) groups is 4. The summed E-state index contributed by atoms with van der Waals surface area (Å²) in [5.41, 5.74) is 0.475. The molecule has 2 aliphatic heterocycles. The molecule has 2 heterocycles. The first-order chi connectivity index (χ1) is 20.0. The van der Waals surface area contributed by atoms with E-state index in [1.54, 1.807) is 22.8 Å². The third-order valence-electron chi connectivity index (χ3n) is 7.30. The van der Waals surface area contributed by atoms with Crippen LogP contribution in [0.5, 0.6) is 0 Å². The van der Waals surface area contributed by atoms with Gasteiger partial charge in [-0.2, -0.15) is 0 Å².